The van der Waals surface area contributed by atoms with Crippen LogP contribution in [0, 0.1) is 5.82 Å². The molecule has 0 bridgehead atoms. The maximum Gasteiger partial charge on any atom is 0.138 e. The van der Waals surface area contributed by atoms with Crippen LogP contribution < -0.4 is 5.14 Å². The molecule has 1 aromatic rings. The lowest BCUT2D eigenvalue weighted by molar-refractivity contribution is 0.593. The Morgan fingerprint density at radius 3 is 2.50 bits per heavy atom. The van der Waals surface area contributed by atoms with Crippen LogP contribution >= 0.6 is 11.9 Å². The molecule has 0 aromatic heterocycles. The maximum atomic E-state index is 13.1. The van der Waals surface area contributed by atoms with E-state index >= 15 is 0 Å². The molecular weight excluding hydrogens is 173 g/mol. The van der Waals surface area contributed by atoms with E-state index in [0.29, 0.717) is 10.8 Å². The molecule has 0 saturated heterocycles. The van der Waals surface area contributed by atoms with E-state index in [2.05, 4.69) is 0 Å². The molecule has 0 radical (unpaired) electrons. The van der Waals surface area contributed by atoms with Gasteiger partial charge in [-0.1, -0.05) is 26.0 Å². The van der Waals surface area contributed by atoms with Crippen molar-refractivity contribution in [2.45, 2.75) is 24.7 Å². The summed E-state index contributed by atoms with van der Waals surface area (Å²) in [7, 11) is 0. The van der Waals surface area contributed by atoms with Crippen LogP contribution in [0.2, 0.25) is 0 Å². The Morgan fingerprint density at radius 2 is 2.08 bits per heavy atom. The van der Waals surface area contributed by atoms with Crippen LogP contribution in [0.25, 0.3) is 0 Å². The molecule has 1 rings (SSSR count). The lowest BCUT2D eigenvalue weighted by atomic mass is 10.0. The monoisotopic (exact) mass is 185 g/mol. The lowest BCUT2D eigenvalue weighted by Gasteiger charge is -2.10. The number of hydrogen-bond acceptors (Lipinski definition) is 2. The van der Waals surface area contributed by atoms with Crippen LogP contribution in [0.4, 0.5) is 4.39 Å². The highest BCUT2D eigenvalue weighted by Crippen LogP contribution is 2.27. The number of halogens is 1. The van der Waals surface area contributed by atoms with Crippen LogP contribution in [0.3, 0.4) is 0 Å². The topological polar surface area (TPSA) is 26.0 Å². The van der Waals surface area contributed by atoms with E-state index in [1.54, 1.807) is 6.07 Å². The summed E-state index contributed by atoms with van der Waals surface area (Å²) in [6, 6.07) is 5.05. The van der Waals surface area contributed by atoms with Crippen molar-refractivity contribution in [3.8, 4) is 0 Å². The van der Waals surface area contributed by atoms with Gasteiger partial charge in [-0.2, -0.15) is 0 Å². The predicted molar refractivity (Wildman–Crippen MR) is 50.5 cm³/mol. The highest BCUT2D eigenvalue weighted by atomic mass is 32.2. The molecule has 0 heterocycles. The van der Waals surface area contributed by atoms with Crippen LogP contribution in [0.15, 0.2) is 23.1 Å². The molecule has 1 aromatic carbocycles. The van der Waals surface area contributed by atoms with Crippen molar-refractivity contribution in [2.24, 2.45) is 5.14 Å². The number of nitrogens with two attached hydrogens (primary N) is 1. The molecule has 0 amide bonds. The smallest absolute Gasteiger partial charge is 0.138 e. The first kappa shape index (κ1) is 9.55. The van der Waals surface area contributed by atoms with Gasteiger partial charge in [0.15, 0.2) is 0 Å². The van der Waals surface area contributed by atoms with E-state index in [1.165, 1.54) is 6.07 Å². The minimum absolute atomic E-state index is 0.228. The van der Waals surface area contributed by atoms with E-state index in [0.717, 1.165) is 17.5 Å². The molecule has 12 heavy (non-hydrogen) atoms. The summed E-state index contributed by atoms with van der Waals surface area (Å²) in [6.45, 7) is 4.04. The average Bonchev–Trinajstić information content (AvgIpc) is 2.03. The summed E-state index contributed by atoms with van der Waals surface area (Å²) in [5.74, 6) is 0.0837. The lowest BCUT2D eigenvalue weighted by Crippen LogP contribution is -1.95. The normalized spacial score (nSPS) is 10.8. The molecule has 3 heteroatoms. The van der Waals surface area contributed by atoms with Gasteiger partial charge in [-0.15, -0.1) is 0 Å². The molecule has 0 aliphatic heterocycles. The molecule has 1 nitrogen and oxygen atoms in total. The van der Waals surface area contributed by atoms with Crippen molar-refractivity contribution in [2.75, 3.05) is 0 Å². The average molecular weight is 185 g/mol. The molecule has 0 fully saturated rings. The van der Waals surface area contributed by atoms with E-state index in [9.17, 15) is 4.39 Å². The molecule has 0 spiro atoms. The molecule has 0 atom stereocenters. The third-order valence-electron chi connectivity index (χ3n) is 1.74. The number of rotatable bonds is 2. The summed E-state index contributed by atoms with van der Waals surface area (Å²) < 4.78 is 13.1. The predicted octanol–water partition coefficient (Wildman–Crippen LogP) is 2.91. The Morgan fingerprint density at radius 1 is 1.42 bits per heavy atom. The van der Waals surface area contributed by atoms with Gasteiger partial charge in [0, 0.05) is 0 Å². The fourth-order valence-electron chi connectivity index (χ4n) is 1.10. The van der Waals surface area contributed by atoms with Crippen molar-refractivity contribution in [3.05, 3.63) is 29.6 Å². The van der Waals surface area contributed by atoms with Gasteiger partial charge in [0.2, 0.25) is 0 Å². The maximum absolute atomic E-state index is 13.1. The largest absolute Gasteiger partial charge is 0.273 e. The Kier molecular flexibility index (Phi) is 3.12. The fourth-order valence-corrected chi connectivity index (χ4v) is 1.72. The molecule has 0 aliphatic rings. The van der Waals surface area contributed by atoms with Crippen LogP contribution in [-0.2, 0) is 0 Å². The Balaban J connectivity index is 3.18. The van der Waals surface area contributed by atoms with E-state index in [-0.39, 0.29) is 5.82 Å². The molecule has 66 valence electrons. The molecule has 0 saturated carbocycles. The molecular formula is C9H12FNS. The highest BCUT2D eigenvalue weighted by Gasteiger charge is 2.09. The Bertz CT molecular complexity index is 273. The third-order valence-corrected chi connectivity index (χ3v) is 2.40. The van der Waals surface area contributed by atoms with E-state index < -0.39 is 0 Å². The standard InChI is InChI=1S/C9H12FNS/c1-6(2)7-4-3-5-8(10)9(7)12-11/h3-6H,11H2,1-2H3. The number of hydrogen-bond donors (Lipinski definition) is 1. The summed E-state index contributed by atoms with van der Waals surface area (Å²) >= 11 is 0.975. The van der Waals surface area contributed by atoms with Crippen molar-refractivity contribution in [3.63, 3.8) is 0 Å². The zero-order chi connectivity index (χ0) is 9.14. The van der Waals surface area contributed by atoms with Gasteiger partial charge in [0.05, 0.1) is 4.90 Å². The second kappa shape index (κ2) is 3.92. The zero-order valence-electron chi connectivity index (χ0n) is 7.17. The van der Waals surface area contributed by atoms with Crippen molar-refractivity contribution in [1.82, 2.24) is 0 Å². The van der Waals surface area contributed by atoms with Crippen LogP contribution in [0.1, 0.15) is 25.3 Å². The second-order valence-electron chi connectivity index (χ2n) is 2.93. The minimum atomic E-state index is -0.228. The van der Waals surface area contributed by atoms with E-state index in [4.69, 9.17) is 5.14 Å². The number of benzene rings is 1. The van der Waals surface area contributed by atoms with Gasteiger partial charge in [0.25, 0.3) is 0 Å². The first-order valence-electron chi connectivity index (χ1n) is 3.82. The summed E-state index contributed by atoms with van der Waals surface area (Å²) in [5, 5.41) is 5.37. The van der Waals surface area contributed by atoms with Gasteiger partial charge in [-0.05, 0) is 29.5 Å². The highest BCUT2D eigenvalue weighted by molar-refractivity contribution is 7.97. The third kappa shape index (κ3) is 1.79. The minimum Gasteiger partial charge on any atom is -0.273 e. The SMILES string of the molecule is CC(C)c1cccc(F)c1SN. The van der Waals surface area contributed by atoms with Crippen molar-refractivity contribution in [1.29, 1.82) is 0 Å². The zero-order valence-corrected chi connectivity index (χ0v) is 7.99. The first-order valence-corrected chi connectivity index (χ1v) is 4.70. The second-order valence-corrected chi connectivity index (χ2v) is 3.57. The quantitative estimate of drug-likeness (QED) is 0.717. The molecule has 0 unspecified atom stereocenters. The fraction of sp³-hybridized carbons (Fsp3) is 0.333. The summed E-state index contributed by atoms with van der Waals surface area (Å²) in [5.41, 5.74) is 0.975. The first-order chi connectivity index (χ1) is 5.66. The van der Waals surface area contributed by atoms with Crippen LogP contribution in [0.5, 0.6) is 0 Å². The molecule has 2 N–H and O–H groups in total. The van der Waals surface area contributed by atoms with Gasteiger partial charge < -0.3 is 0 Å². The van der Waals surface area contributed by atoms with Gasteiger partial charge >= 0.3 is 0 Å². The van der Waals surface area contributed by atoms with Gasteiger partial charge in [-0.25, -0.2) is 4.39 Å². The van der Waals surface area contributed by atoms with Gasteiger partial charge in [-0.3, -0.25) is 5.14 Å². The Hall–Kier alpha value is -0.540. The molecule has 0 aliphatic carbocycles. The summed E-state index contributed by atoms with van der Waals surface area (Å²) in [4.78, 5) is 0.563. The van der Waals surface area contributed by atoms with E-state index in [1.807, 2.05) is 19.9 Å². The van der Waals surface area contributed by atoms with Crippen molar-refractivity contribution < 1.29 is 4.39 Å². The van der Waals surface area contributed by atoms with Crippen LogP contribution in [-0.4, -0.2) is 0 Å². The summed E-state index contributed by atoms with van der Waals surface area (Å²) in [6.07, 6.45) is 0. The van der Waals surface area contributed by atoms with Gasteiger partial charge in [0.1, 0.15) is 5.82 Å². The Labute approximate surface area is 76.3 Å². The van der Waals surface area contributed by atoms with Crippen molar-refractivity contribution >= 4 is 11.9 Å².